The van der Waals surface area contributed by atoms with E-state index in [9.17, 15) is 4.79 Å². The molecule has 1 unspecified atom stereocenters. The molecule has 0 aromatic carbocycles. The van der Waals surface area contributed by atoms with Gasteiger partial charge in [-0.3, -0.25) is 9.69 Å². The van der Waals surface area contributed by atoms with Crippen molar-refractivity contribution in [2.75, 3.05) is 19.6 Å². The number of hydrogen-bond donors (Lipinski definition) is 0. The Hall–Kier alpha value is -0.630. The van der Waals surface area contributed by atoms with Gasteiger partial charge in [-0.05, 0) is 25.2 Å². The molecule has 1 aliphatic carbocycles. The van der Waals surface area contributed by atoms with Crippen LogP contribution >= 0.6 is 0 Å². The van der Waals surface area contributed by atoms with Gasteiger partial charge in [-0.2, -0.15) is 0 Å². The van der Waals surface area contributed by atoms with Gasteiger partial charge in [-0.1, -0.05) is 12.2 Å². The molecule has 0 saturated carbocycles. The molecular weight excluding hydrogens is 162 g/mol. The maximum atomic E-state index is 11.0. The van der Waals surface area contributed by atoms with Crippen LogP contribution in [-0.4, -0.2) is 30.3 Å². The van der Waals surface area contributed by atoms with E-state index >= 15 is 0 Å². The summed E-state index contributed by atoms with van der Waals surface area (Å²) in [5.74, 6) is 1.22. The number of allylic oxidation sites excluding steroid dienone is 2. The van der Waals surface area contributed by atoms with Gasteiger partial charge in [0.2, 0.25) is 0 Å². The molecule has 0 amide bonds. The van der Waals surface area contributed by atoms with E-state index < -0.39 is 0 Å². The second kappa shape index (κ2) is 4.05. The second-order valence-corrected chi connectivity index (χ2v) is 4.17. The zero-order valence-corrected chi connectivity index (χ0v) is 8.04. The number of hydrogen-bond acceptors (Lipinski definition) is 2. The molecule has 1 fully saturated rings. The summed E-state index contributed by atoms with van der Waals surface area (Å²) in [5, 5.41) is 0. The van der Waals surface area contributed by atoms with Crippen molar-refractivity contribution in [2.24, 2.45) is 5.92 Å². The number of nitrogens with zero attached hydrogens (tertiary/aromatic N) is 1. The highest BCUT2D eigenvalue weighted by Crippen LogP contribution is 2.20. The first kappa shape index (κ1) is 8.95. The van der Waals surface area contributed by atoms with E-state index in [4.69, 9.17) is 0 Å². The van der Waals surface area contributed by atoms with Crippen LogP contribution in [-0.2, 0) is 4.79 Å². The number of carbonyl (C=O) groups excluding carboxylic acids is 1. The maximum Gasteiger partial charge on any atom is 0.148 e. The third-order valence-electron chi connectivity index (χ3n) is 3.00. The Labute approximate surface area is 79.6 Å². The summed E-state index contributed by atoms with van der Waals surface area (Å²) < 4.78 is 0. The largest absolute Gasteiger partial charge is 0.298 e. The van der Waals surface area contributed by atoms with Crippen molar-refractivity contribution >= 4 is 5.78 Å². The summed E-state index contributed by atoms with van der Waals surface area (Å²) >= 11 is 0. The molecule has 0 spiro atoms. The molecule has 2 rings (SSSR count). The molecule has 0 aromatic heterocycles. The summed E-state index contributed by atoms with van der Waals surface area (Å²) in [6.45, 7) is 2.84. The number of Topliss-reactive ketones (excluding diaryl/α,β-unsaturated/α-hetero) is 1. The summed E-state index contributed by atoms with van der Waals surface area (Å²) in [4.78, 5) is 13.4. The van der Waals surface area contributed by atoms with Gasteiger partial charge in [0.1, 0.15) is 5.78 Å². The third-order valence-corrected chi connectivity index (χ3v) is 3.00. The fraction of sp³-hybridized carbons (Fsp3) is 0.727. The Morgan fingerprint density at radius 1 is 1.46 bits per heavy atom. The molecule has 1 saturated heterocycles. The van der Waals surface area contributed by atoms with E-state index in [1.54, 1.807) is 0 Å². The molecule has 1 atom stereocenters. The van der Waals surface area contributed by atoms with Crippen molar-refractivity contribution in [1.29, 1.82) is 0 Å². The predicted octanol–water partition coefficient (Wildman–Crippen LogP) is 1.62. The molecule has 1 heterocycles. The summed E-state index contributed by atoms with van der Waals surface area (Å²) in [6, 6.07) is 0. The SMILES string of the molecule is O=C1CCN(CC2CC=CCC2)C1. The number of rotatable bonds is 2. The van der Waals surface area contributed by atoms with E-state index in [0.29, 0.717) is 12.3 Å². The Morgan fingerprint density at radius 2 is 2.38 bits per heavy atom. The molecule has 72 valence electrons. The van der Waals surface area contributed by atoms with Gasteiger partial charge < -0.3 is 0 Å². The average Bonchev–Trinajstić information content (AvgIpc) is 2.53. The lowest BCUT2D eigenvalue weighted by atomic mass is 9.94. The van der Waals surface area contributed by atoms with Crippen LogP contribution in [0.3, 0.4) is 0 Å². The molecule has 2 heteroatoms. The highest BCUT2D eigenvalue weighted by molar-refractivity contribution is 5.82. The summed E-state index contributed by atoms with van der Waals surface area (Å²) in [5.41, 5.74) is 0. The predicted molar refractivity (Wildman–Crippen MR) is 52.5 cm³/mol. The first-order valence-electron chi connectivity index (χ1n) is 5.23. The Morgan fingerprint density at radius 3 is 3.00 bits per heavy atom. The summed E-state index contributed by atoms with van der Waals surface area (Å²) in [7, 11) is 0. The first-order valence-corrected chi connectivity index (χ1v) is 5.23. The van der Waals surface area contributed by atoms with Gasteiger partial charge in [0.15, 0.2) is 0 Å². The lowest BCUT2D eigenvalue weighted by molar-refractivity contribution is -0.116. The van der Waals surface area contributed by atoms with Crippen molar-refractivity contribution in [1.82, 2.24) is 4.90 Å². The van der Waals surface area contributed by atoms with Crippen LogP contribution in [0.25, 0.3) is 0 Å². The minimum absolute atomic E-state index is 0.423. The van der Waals surface area contributed by atoms with Crippen LogP contribution in [0, 0.1) is 5.92 Å². The Bertz CT molecular complexity index is 220. The van der Waals surface area contributed by atoms with Crippen LogP contribution in [0.2, 0.25) is 0 Å². The number of likely N-dealkylation sites (tertiary alicyclic amines) is 1. The molecule has 0 N–H and O–H groups in total. The van der Waals surface area contributed by atoms with Gasteiger partial charge in [-0.15, -0.1) is 0 Å². The molecule has 2 aliphatic rings. The van der Waals surface area contributed by atoms with E-state index in [2.05, 4.69) is 17.1 Å². The smallest absolute Gasteiger partial charge is 0.148 e. The van der Waals surface area contributed by atoms with E-state index in [1.165, 1.54) is 19.3 Å². The van der Waals surface area contributed by atoms with Crippen LogP contribution in [0.15, 0.2) is 12.2 Å². The second-order valence-electron chi connectivity index (χ2n) is 4.17. The quantitative estimate of drug-likeness (QED) is 0.600. The number of ketones is 1. The fourth-order valence-electron chi connectivity index (χ4n) is 2.23. The maximum absolute atomic E-state index is 11.0. The molecule has 2 nitrogen and oxygen atoms in total. The van der Waals surface area contributed by atoms with Gasteiger partial charge >= 0.3 is 0 Å². The van der Waals surface area contributed by atoms with Crippen molar-refractivity contribution in [3.8, 4) is 0 Å². The van der Waals surface area contributed by atoms with Crippen molar-refractivity contribution in [3.63, 3.8) is 0 Å². The van der Waals surface area contributed by atoms with Gasteiger partial charge in [-0.25, -0.2) is 0 Å². The Kier molecular flexibility index (Phi) is 2.79. The van der Waals surface area contributed by atoms with E-state index in [-0.39, 0.29) is 0 Å². The van der Waals surface area contributed by atoms with Gasteiger partial charge in [0.05, 0.1) is 6.54 Å². The number of carbonyl (C=O) groups is 1. The minimum atomic E-state index is 0.423. The third kappa shape index (κ3) is 2.41. The van der Waals surface area contributed by atoms with E-state index in [0.717, 1.165) is 25.4 Å². The lowest BCUT2D eigenvalue weighted by Gasteiger charge is -2.23. The van der Waals surface area contributed by atoms with Crippen molar-refractivity contribution in [3.05, 3.63) is 12.2 Å². The molecule has 1 aliphatic heterocycles. The molecular formula is C11H17NO. The highest BCUT2D eigenvalue weighted by Gasteiger charge is 2.22. The zero-order chi connectivity index (χ0) is 9.10. The fourth-order valence-corrected chi connectivity index (χ4v) is 2.23. The van der Waals surface area contributed by atoms with Crippen molar-refractivity contribution < 1.29 is 4.79 Å². The van der Waals surface area contributed by atoms with Gasteiger partial charge in [0, 0.05) is 19.5 Å². The first-order chi connectivity index (χ1) is 6.34. The van der Waals surface area contributed by atoms with Crippen LogP contribution in [0.1, 0.15) is 25.7 Å². The highest BCUT2D eigenvalue weighted by atomic mass is 16.1. The standard InChI is InChI=1S/C11H17NO/c13-11-6-7-12(9-11)8-10-4-2-1-3-5-10/h1-2,10H,3-9H2. The van der Waals surface area contributed by atoms with Gasteiger partial charge in [0.25, 0.3) is 0 Å². The zero-order valence-electron chi connectivity index (χ0n) is 8.04. The van der Waals surface area contributed by atoms with Crippen LogP contribution in [0.4, 0.5) is 0 Å². The van der Waals surface area contributed by atoms with Crippen molar-refractivity contribution in [2.45, 2.75) is 25.7 Å². The summed E-state index contributed by atoms with van der Waals surface area (Å²) in [6.07, 6.45) is 9.08. The monoisotopic (exact) mass is 179 g/mol. The van der Waals surface area contributed by atoms with Crippen LogP contribution < -0.4 is 0 Å². The minimum Gasteiger partial charge on any atom is -0.298 e. The topological polar surface area (TPSA) is 20.3 Å². The molecule has 0 bridgehead atoms. The van der Waals surface area contributed by atoms with E-state index in [1.807, 2.05) is 0 Å². The Balaban J connectivity index is 1.77. The molecule has 0 radical (unpaired) electrons. The average molecular weight is 179 g/mol. The van der Waals surface area contributed by atoms with Crippen LogP contribution in [0.5, 0.6) is 0 Å². The normalized spacial score (nSPS) is 29.8. The lowest BCUT2D eigenvalue weighted by Crippen LogP contribution is -2.28. The molecule has 0 aromatic rings. The molecule has 13 heavy (non-hydrogen) atoms.